The lowest BCUT2D eigenvalue weighted by Crippen LogP contribution is -2.08. The molecule has 0 spiro atoms. The summed E-state index contributed by atoms with van der Waals surface area (Å²) in [5, 5.41) is 10.9. The summed E-state index contributed by atoms with van der Waals surface area (Å²) in [6.07, 6.45) is -4.36. The zero-order chi connectivity index (χ0) is 13.9. The summed E-state index contributed by atoms with van der Waals surface area (Å²) in [6.45, 7) is 0. The number of alkyl halides is 3. The predicted octanol–water partition coefficient (Wildman–Crippen LogP) is 4.00. The minimum absolute atomic E-state index is 0.0786. The molecule has 0 fully saturated rings. The number of hydrogen-bond acceptors (Lipinski definition) is 2. The Morgan fingerprint density at radius 2 is 1.89 bits per heavy atom. The first-order valence-electron chi connectivity index (χ1n) is 6.06. The van der Waals surface area contributed by atoms with Gasteiger partial charge in [-0.05, 0) is 18.9 Å². The van der Waals surface area contributed by atoms with E-state index >= 15 is 0 Å². The lowest BCUT2D eigenvalue weighted by Gasteiger charge is -2.13. The summed E-state index contributed by atoms with van der Waals surface area (Å²) in [5.74, 6) is 0. The van der Waals surface area contributed by atoms with E-state index in [-0.39, 0.29) is 12.8 Å². The molecule has 0 aliphatic heterocycles. The molecule has 2 aromatic rings. The van der Waals surface area contributed by atoms with E-state index in [0.717, 1.165) is 5.39 Å². The molecule has 2 nitrogen and oxygen atoms in total. The summed E-state index contributed by atoms with van der Waals surface area (Å²) in [7, 11) is 0. The molecule has 102 valence electrons. The number of para-hydroxylation sites is 1. The van der Waals surface area contributed by atoms with Crippen molar-refractivity contribution in [3.63, 3.8) is 0 Å². The Labute approximate surface area is 108 Å². The number of rotatable bonds is 4. The molecule has 1 aromatic carbocycles. The van der Waals surface area contributed by atoms with Crippen molar-refractivity contribution in [2.24, 2.45) is 0 Å². The molecule has 0 saturated heterocycles. The number of pyridine rings is 1. The van der Waals surface area contributed by atoms with Crippen molar-refractivity contribution in [1.29, 1.82) is 0 Å². The maximum Gasteiger partial charge on any atom is 0.389 e. The number of aliphatic hydroxyl groups is 1. The summed E-state index contributed by atoms with van der Waals surface area (Å²) in [5.41, 5.74) is 1.23. The highest BCUT2D eigenvalue weighted by molar-refractivity contribution is 5.81. The monoisotopic (exact) mass is 269 g/mol. The van der Waals surface area contributed by atoms with Crippen molar-refractivity contribution < 1.29 is 18.3 Å². The van der Waals surface area contributed by atoms with Gasteiger partial charge in [0.05, 0.1) is 11.6 Å². The molecule has 0 aliphatic rings. The second kappa shape index (κ2) is 5.57. The van der Waals surface area contributed by atoms with Crippen LogP contribution in [0.2, 0.25) is 0 Å². The summed E-state index contributed by atoms with van der Waals surface area (Å²) in [4.78, 5) is 4.18. The lowest BCUT2D eigenvalue weighted by atomic mass is 10.0. The van der Waals surface area contributed by atoms with Crippen LogP contribution in [0.5, 0.6) is 0 Å². The van der Waals surface area contributed by atoms with Gasteiger partial charge in [0.25, 0.3) is 0 Å². The Bertz CT molecular complexity index is 548. The first-order valence-corrected chi connectivity index (χ1v) is 6.06. The average Bonchev–Trinajstić information content (AvgIpc) is 2.36. The zero-order valence-corrected chi connectivity index (χ0v) is 10.2. The lowest BCUT2D eigenvalue weighted by molar-refractivity contribution is -0.136. The highest BCUT2D eigenvalue weighted by atomic mass is 19.4. The van der Waals surface area contributed by atoms with Crippen LogP contribution in [-0.4, -0.2) is 16.3 Å². The molecule has 1 unspecified atom stereocenters. The van der Waals surface area contributed by atoms with Crippen molar-refractivity contribution in [3.8, 4) is 0 Å². The molecular weight excluding hydrogens is 255 g/mol. The van der Waals surface area contributed by atoms with Crippen molar-refractivity contribution in [3.05, 3.63) is 42.1 Å². The van der Waals surface area contributed by atoms with E-state index in [1.807, 2.05) is 12.1 Å². The largest absolute Gasteiger partial charge is 0.389 e. The first-order chi connectivity index (χ1) is 8.97. The van der Waals surface area contributed by atoms with Gasteiger partial charge in [0.1, 0.15) is 0 Å². The van der Waals surface area contributed by atoms with Crippen LogP contribution in [0.15, 0.2) is 36.5 Å². The van der Waals surface area contributed by atoms with E-state index in [1.165, 1.54) is 0 Å². The van der Waals surface area contributed by atoms with Crippen LogP contribution in [0.1, 0.15) is 30.9 Å². The second-order valence-electron chi connectivity index (χ2n) is 4.45. The first kappa shape index (κ1) is 13.8. The molecular formula is C14H14F3NO. The maximum atomic E-state index is 12.1. The van der Waals surface area contributed by atoms with Gasteiger partial charge in [0.2, 0.25) is 0 Å². The number of fused-ring (bicyclic) bond motifs is 1. The number of hydrogen-bond donors (Lipinski definition) is 1. The SMILES string of the molecule is OC(CCCC(F)(F)F)c1cccc2cccnc12. The summed E-state index contributed by atoms with van der Waals surface area (Å²) in [6, 6.07) is 8.96. The molecule has 1 aromatic heterocycles. The Balaban J connectivity index is 2.11. The van der Waals surface area contributed by atoms with E-state index in [4.69, 9.17) is 0 Å². The van der Waals surface area contributed by atoms with Crippen LogP contribution < -0.4 is 0 Å². The quantitative estimate of drug-likeness (QED) is 0.910. The highest BCUT2D eigenvalue weighted by Gasteiger charge is 2.26. The van der Waals surface area contributed by atoms with Gasteiger partial charge in [-0.2, -0.15) is 13.2 Å². The molecule has 0 radical (unpaired) electrons. The third kappa shape index (κ3) is 3.67. The molecule has 0 aliphatic carbocycles. The maximum absolute atomic E-state index is 12.1. The third-order valence-corrected chi connectivity index (χ3v) is 2.96. The third-order valence-electron chi connectivity index (χ3n) is 2.96. The second-order valence-corrected chi connectivity index (χ2v) is 4.45. The summed E-state index contributed by atoms with van der Waals surface area (Å²) < 4.78 is 36.2. The van der Waals surface area contributed by atoms with Gasteiger partial charge < -0.3 is 5.11 Å². The molecule has 1 N–H and O–H groups in total. The molecule has 19 heavy (non-hydrogen) atoms. The Kier molecular flexibility index (Phi) is 4.04. The normalized spacial score (nSPS) is 13.7. The Morgan fingerprint density at radius 1 is 1.16 bits per heavy atom. The molecule has 2 rings (SSSR count). The number of benzene rings is 1. The van der Waals surface area contributed by atoms with Gasteiger partial charge in [-0.1, -0.05) is 24.3 Å². The van der Waals surface area contributed by atoms with Crippen molar-refractivity contribution in [2.75, 3.05) is 0 Å². The van der Waals surface area contributed by atoms with Crippen LogP contribution in [0.25, 0.3) is 10.9 Å². The van der Waals surface area contributed by atoms with E-state index in [2.05, 4.69) is 4.98 Å². The number of nitrogens with zero attached hydrogens (tertiary/aromatic N) is 1. The van der Waals surface area contributed by atoms with Crippen LogP contribution in [0, 0.1) is 0 Å². The topological polar surface area (TPSA) is 33.1 Å². The van der Waals surface area contributed by atoms with Gasteiger partial charge in [0.15, 0.2) is 0 Å². The van der Waals surface area contributed by atoms with Gasteiger partial charge >= 0.3 is 6.18 Å². The van der Waals surface area contributed by atoms with Gasteiger partial charge in [0, 0.05) is 23.6 Å². The minimum Gasteiger partial charge on any atom is -0.388 e. The van der Waals surface area contributed by atoms with Gasteiger partial charge in [-0.15, -0.1) is 0 Å². The highest BCUT2D eigenvalue weighted by Crippen LogP contribution is 2.28. The predicted molar refractivity (Wildman–Crippen MR) is 66.6 cm³/mol. The molecule has 0 amide bonds. The summed E-state index contributed by atoms with van der Waals surface area (Å²) >= 11 is 0. The minimum atomic E-state index is -4.17. The van der Waals surface area contributed by atoms with E-state index < -0.39 is 18.7 Å². The Morgan fingerprint density at radius 3 is 2.63 bits per heavy atom. The molecule has 0 bridgehead atoms. The standard InChI is InChI=1S/C14H14F3NO/c15-14(16,17)8-2-7-12(19)11-6-1-4-10-5-3-9-18-13(10)11/h1,3-6,9,12,19H,2,7-8H2. The van der Waals surface area contributed by atoms with Crippen LogP contribution in [0.3, 0.4) is 0 Å². The fraction of sp³-hybridized carbons (Fsp3) is 0.357. The Hall–Kier alpha value is -1.62. The average molecular weight is 269 g/mol. The van der Waals surface area contributed by atoms with Crippen molar-refractivity contribution in [1.82, 2.24) is 4.98 Å². The zero-order valence-electron chi connectivity index (χ0n) is 10.2. The van der Waals surface area contributed by atoms with Crippen molar-refractivity contribution >= 4 is 10.9 Å². The van der Waals surface area contributed by atoms with Gasteiger partial charge in [-0.25, -0.2) is 0 Å². The number of halogens is 3. The van der Waals surface area contributed by atoms with E-state index in [1.54, 1.807) is 24.4 Å². The van der Waals surface area contributed by atoms with Crippen LogP contribution in [-0.2, 0) is 0 Å². The number of aromatic nitrogens is 1. The van der Waals surface area contributed by atoms with Crippen LogP contribution >= 0.6 is 0 Å². The molecule has 5 heteroatoms. The van der Waals surface area contributed by atoms with Crippen LogP contribution in [0.4, 0.5) is 13.2 Å². The van der Waals surface area contributed by atoms with E-state index in [9.17, 15) is 18.3 Å². The smallest absolute Gasteiger partial charge is 0.388 e. The number of aliphatic hydroxyl groups excluding tert-OH is 1. The van der Waals surface area contributed by atoms with Gasteiger partial charge in [-0.3, -0.25) is 4.98 Å². The fourth-order valence-corrected chi connectivity index (χ4v) is 2.05. The van der Waals surface area contributed by atoms with Crippen molar-refractivity contribution in [2.45, 2.75) is 31.5 Å². The molecule has 1 atom stereocenters. The molecule has 1 heterocycles. The molecule has 0 saturated carbocycles. The van der Waals surface area contributed by atoms with E-state index in [0.29, 0.717) is 11.1 Å². The fourth-order valence-electron chi connectivity index (χ4n) is 2.05.